The number of hydrogen-bond acceptors (Lipinski definition) is 4. The van der Waals surface area contributed by atoms with Crippen molar-refractivity contribution in [1.82, 2.24) is 4.98 Å². The van der Waals surface area contributed by atoms with Gasteiger partial charge in [-0.25, -0.2) is 0 Å². The standard InChI is InChI=1S/C16H19N3OS/c1-20-10-11-6-7-19(9-11)15-12-4-2-3-5-14(12)18-8-13(15)16(17)21/h2-5,8,11H,6-7,9-10H2,1H3,(H2,17,21). The second-order valence-electron chi connectivity index (χ2n) is 5.46. The van der Waals surface area contributed by atoms with Crippen LogP contribution in [-0.4, -0.2) is 36.8 Å². The molecule has 5 heteroatoms. The Balaban J connectivity index is 2.07. The SMILES string of the molecule is COCC1CCN(c2c(C(N)=S)cnc3ccccc23)C1. The van der Waals surface area contributed by atoms with Gasteiger partial charge in [0.1, 0.15) is 4.99 Å². The number of hydrogen-bond donors (Lipinski definition) is 1. The second-order valence-corrected chi connectivity index (χ2v) is 5.90. The van der Waals surface area contributed by atoms with E-state index in [4.69, 9.17) is 22.7 Å². The smallest absolute Gasteiger partial charge is 0.107 e. The van der Waals surface area contributed by atoms with E-state index in [-0.39, 0.29) is 0 Å². The number of benzene rings is 1. The van der Waals surface area contributed by atoms with Crippen molar-refractivity contribution in [2.24, 2.45) is 11.7 Å². The number of nitrogens with zero attached hydrogens (tertiary/aromatic N) is 2. The fraction of sp³-hybridized carbons (Fsp3) is 0.375. The number of rotatable bonds is 4. The van der Waals surface area contributed by atoms with Gasteiger partial charge in [-0.2, -0.15) is 0 Å². The third-order valence-corrected chi connectivity index (χ3v) is 4.24. The minimum Gasteiger partial charge on any atom is -0.389 e. The Morgan fingerprint density at radius 1 is 1.48 bits per heavy atom. The molecule has 4 nitrogen and oxygen atoms in total. The van der Waals surface area contributed by atoms with Crippen LogP contribution in [0.4, 0.5) is 5.69 Å². The Kier molecular flexibility index (Phi) is 4.03. The Morgan fingerprint density at radius 3 is 3.05 bits per heavy atom. The molecule has 2 N–H and O–H groups in total. The van der Waals surface area contributed by atoms with E-state index in [1.807, 2.05) is 18.2 Å². The van der Waals surface area contributed by atoms with E-state index >= 15 is 0 Å². The van der Waals surface area contributed by atoms with E-state index in [1.165, 1.54) is 0 Å². The normalized spacial score (nSPS) is 18.3. The lowest BCUT2D eigenvalue weighted by atomic mass is 10.1. The molecule has 2 heterocycles. The van der Waals surface area contributed by atoms with Gasteiger partial charge in [0, 0.05) is 37.7 Å². The first-order chi connectivity index (χ1) is 10.2. The maximum absolute atomic E-state index is 5.91. The van der Waals surface area contributed by atoms with Gasteiger partial charge >= 0.3 is 0 Å². The fourth-order valence-corrected chi connectivity index (χ4v) is 3.20. The summed E-state index contributed by atoms with van der Waals surface area (Å²) < 4.78 is 5.29. The summed E-state index contributed by atoms with van der Waals surface area (Å²) in [6, 6.07) is 8.13. The Morgan fingerprint density at radius 2 is 2.29 bits per heavy atom. The van der Waals surface area contributed by atoms with Crippen LogP contribution in [0, 0.1) is 5.92 Å². The van der Waals surface area contributed by atoms with Crippen molar-refractivity contribution >= 4 is 33.8 Å². The lowest BCUT2D eigenvalue weighted by Gasteiger charge is -2.23. The van der Waals surface area contributed by atoms with Crippen LogP contribution in [0.25, 0.3) is 10.9 Å². The third-order valence-electron chi connectivity index (χ3n) is 4.02. The van der Waals surface area contributed by atoms with E-state index in [9.17, 15) is 0 Å². The van der Waals surface area contributed by atoms with Gasteiger partial charge in [-0.15, -0.1) is 0 Å². The zero-order valence-electron chi connectivity index (χ0n) is 12.1. The van der Waals surface area contributed by atoms with Gasteiger partial charge < -0.3 is 15.4 Å². The van der Waals surface area contributed by atoms with Crippen molar-refractivity contribution in [3.8, 4) is 0 Å². The molecule has 0 radical (unpaired) electrons. The number of aromatic nitrogens is 1. The molecule has 1 aromatic carbocycles. The monoisotopic (exact) mass is 301 g/mol. The summed E-state index contributed by atoms with van der Waals surface area (Å²) in [5, 5.41) is 1.11. The van der Waals surface area contributed by atoms with Crippen LogP contribution in [0.5, 0.6) is 0 Å². The molecular weight excluding hydrogens is 282 g/mol. The molecule has 21 heavy (non-hydrogen) atoms. The minimum absolute atomic E-state index is 0.401. The summed E-state index contributed by atoms with van der Waals surface area (Å²) >= 11 is 5.22. The molecule has 1 unspecified atom stereocenters. The highest BCUT2D eigenvalue weighted by Crippen LogP contribution is 2.33. The molecule has 1 aromatic heterocycles. The largest absolute Gasteiger partial charge is 0.389 e. The fourth-order valence-electron chi connectivity index (χ4n) is 3.06. The molecular formula is C16H19N3OS. The summed E-state index contributed by atoms with van der Waals surface area (Å²) in [7, 11) is 1.75. The lowest BCUT2D eigenvalue weighted by Crippen LogP contribution is -2.25. The number of ether oxygens (including phenoxy) is 1. The molecule has 1 saturated heterocycles. The van der Waals surface area contributed by atoms with E-state index in [1.54, 1.807) is 13.3 Å². The van der Waals surface area contributed by atoms with Crippen LogP contribution in [0.1, 0.15) is 12.0 Å². The summed E-state index contributed by atoms with van der Waals surface area (Å²) in [6.45, 7) is 2.76. The number of para-hydroxylation sites is 1. The molecule has 0 saturated carbocycles. The molecule has 1 atom stereocenters. The Bertz CT molecular complexity index is 674. The highest BCUT2D eigenvalue weighted by atomic mass is 32.1. The van der Waals surface area contributed by atoms with Crippen molar-refractivity contribution in [3.63, 3.8) is 0 Å². The first-order valence-electron chi connectivity index (χ1n) is 7.12. The molecule has 1 fully saturated rings. The first kappa shape index (κ1) is 14.2. The molecule has 1 aliphatic heterocycles. The van der Waals surface area contributed by atoms with Crippen molar-refractivity contribution in [3.05, 3.63) is 36.0 Å². The van der Waals surface area contributed by atoms with E-state index < -0.39 is 0 Å². The quantitative estimate of drug-likeness (QED) is 0.879. The highest BCUT2D eigenvalue weighted by molar-refractivity contribution is 7.80. The molecule has 3 rings (SSSR count). The maximum atomic E-state index is 5.91. The van der Waals surface area contributed by atoms with Crippen molar-refractivity contribution < 1.29 is 4.74 Å². The summed E-state index contributed by atoms with van der Waals surface area (Å²) in [6.07, 6.45) is 2.92. The number of nitrogens with two attached hydrogens (primary N) is 1. The van der Waals surface area contributed by atoms with Crippen LogP contribution < -0.4 is 10.6 Å². The second kappa shape index (κ2) is 5.95. The lowest BCUT2D eigenvalue weighted by molar-refractivity contribution is 0.161. The molecule has 0 aliphatic carbocycles. The van der Waals surface area contributed by atoms with E-state index in [0.717, 1.165) is 48.3 Å². The summed E-state index contributed by atoms with van der Waals surface area (Å²) in [5.74, 6) is 0.557. The van der Waals surface area contributed by atoms with Gasteiger partial charge in [-0.3, -0.25) is 4.98 Å². The first-order valence-corrected chi connectivity index (χ1v) is 7.53. The highest BCUT2D eigenvalue weighted by Gasteiger charge is 2.26. The maximum Gasteiger partial charge on any atom is 0.107 e. The summed E-state index contributed by atoms with van der Waals surface area (Å²) in [5.41, 5.74) is 8.86. The van der Waals surface area contributed by atoms with Crippen LogP contribution in [-0.2, 0) is 4.74 Å². The molecule has 2 aromatic rings. The number of fused-ring (bicyclic) bond motifs is 1. The molecule has 0 bridgehead atoms. The van der Waals surface area contributed by atoms with Crippen molar-refractivity contribution in [1.29, 1.82) is 0 Å². The number of pyridine rings is 1. The van der Waals surface area contributed by atoms with Gasteiger partial charge in [-0.05, 0) is 12.5 Å². The zero-order chi connectivity index (χ0) is 14.8. The van der Waals surface area contributed by atoms with Gasteiger partial charge in [0.05, 0.1) is 23.4 Å². The Labute approximate surface area is 129 Å². The molecule has 0 spiro atoms. The van der Waals surface area contributed by atoms with Crippen molar-refractivity contribution in [2.45, 2.75) is 6.42 Å². The van der Waals surface area contributed by atoms with Gasteiger partial charge in [-0.1, -0.05) is 30.4 Å². The van der Waals surface area contributed by atoms with Gasteiger partial charge in [0.25, 0.3) is 0 Å². The van der Waals surface area contributed by atoms with Crippen molar-refractivity contribution in [2.75, 3.05) is 31.7 Å². The number of anilines is 1. The molecule has 1 aliphatic rings. The average molecular weight is 301 g/mol. The van der Waals surface area contributed by atoms with Gasteiger partial charge in [0.2, 0.25) is 0 Å². The number of thiocarbonyl (C=S) groups is 1. The van der Waals surface area contributed by atoms with Gasteiger partial charge in [0.15, 0.2) is 0 Å². The van der Waals surface area contributed by atoms with Crippen LogP contribution in [0.3, 0.4) is 0 Å². The van der Waals surface area contributed by atoms with E-state index in [0.29, 0.717) is 10.9 Å². The Hall–Kier alpha value is -1.72. The van der Waals surface area contributed by atoms with Crippen LogP contribution in [0.15, 0.2) is 30.5 Å². The molecule has 0 amide bonds. The third kappa shape index (κ3) is 2.71. The van der Waals surface area contributed by atoms with Crippen LogP contribution in [0.2, 0.25) is 0 Å². The zero-order valence-corrected chi connectivity index (χ0v) is 12.9. The average Bonchev–Trinajstić information content (AvgIpc) is 2.94. The minimum atomic E-state index is 0.401. The predicted molar refractivity (Wildman–Crippen MR) is 89.8 cm³/mol. The number of methoxy groups -OCH3 is 1. The van der Waals surface area contributed by atoms with Crippen LogP contribution >= 0.6 is 12.2 Å². The predicted octanol–water partition coefficient (Wildman–Crippen LogP) is 2.34. The summed E-state index contributed by atoms with van der Waals surface area (Å²) in [4.78, 5) is 7.24. The molecule has 110 valence electrons. The topological polar surface area (TPSA) is 51.4 Å². The van der Waals surface area contributed by atoms with E-state index in [2.05, 4.69) is 16.0 Å².